The van der Waals surface area contributed by atoms with Gasteiger partial charge in [-0.1, -0.05) is 18.2 Å². The van der Waals surface area contributed by atoms with Crippen molar-refractivity contribution in [2.45, 2.75) is 70.6 Å². The number of aryl methyl sites for hydroxylation is 2. The van der Waals surface area contributed by atoms with Crippen molar-refractivity contribution in [3.8, 4) is 11.6 Å². The third-order valence-electron chi connectivity index (χ3n) is 6.67. The van der Waals surface area contributed by atoms with Crippen molar-refractivity contribution < 1.29 is 24.2 Å². The lowest BCUT2D eigenvalue weighted by atomic mass is 9.92. The number of pyridine rings is 1. The first-order valence-corrected chi connectivity index (χ1v) is 12.2. The van der Waals surface area contributed by atoms with Gasteiger partial charge in [-0.05, 0) is 75.6 Å². The van der Waals surface area contributed by atoms with Crippen LogP contribution >= 0.6 is 0 Å². The number of benzene rings is 1. The molecule has 35 heavy (non-hydrogen) atoms. The van der Waals surface area contributed by atoms with E-state index in [-0.39, 0.29) is 18.1 Å². The Hall–Kier alpha value is -3.55. The predicted molar refractivity (Wildman–Crippen MR) is 132 cm³/mol. The standard InChI is InChI=1S/C27H33N3O5/c1-17-15-18-7-4-3-5-8-21-22(25(31)28-16-23(18)26(29-17)34-2)9-6-10-24(21)35-20-13-11-19(12-14-20)30-27(32)33/h3,5-6,9-10,15,19-20,30H,4,7-8,11-14,16H2,1-2H3,(H,28,31)(H,32,33)/b5-3+. The number of fused-ring (bicyclic) bond motifs is 2. The van der Waals surface area contributed by atoms with Gasteiger partial charge in [0.2, 0.25) is 5.88 Å². The van der Waals surface area contributed by atoms with Crippen LogP contribution in [0.15, 0.2) is 36.4 Å². The molecule has 4 rings (SSSR count). The van der Waals surface area contributed by atoms with Crippen molar-refractivity contribution in [1.29, 1.82) is 0 Å². The Labute approximate surface area is 205 Å². The van der Waals surface area contributed by atoms with Gasteiger partial charge in [-0.2, -0.15) is 0 Å². The maximum absolute atomic E-state index is 13.3. The minimum atomic E-state index is -0.985. The summed E-state index contributed by atoms with van der Waals surface area (Å²) in [6, 6.07) is 7.62. The molecule has 8 heteroatoms. The highest BCUT2D eigenvalue weighted by Gasteiger charge is 2.25. The smallest absolute Gasteiger partial charge is 0.404 e. The highest BCUT2D eigenvalue weighted by Crippen LogP contribution is 2.30. The Bertz CT molecular complexity index is 1110. The van der Waals surface area contributed by atoms with Crippen LogP contribution in [-0.2, 0) is 19.4 Å². The van der Waals surface area contributed by atoms with Crippen molar-refractivity contribution >= 4 is 12.0 Å². The molecule has 1 aliphatic heterocycles. The SMILES string of the molecule is COc1nc(C)cc2c1CNC(=O)c1cccc(OC3CCC(NC(=O)O)CC3)c1C/C=C/CC2. The van der Waals surface area contributed by atoms with Crippen LogP contribution in [0.2, 0.25) is 0 Å². The summed E-state index contributed by atoms with van der Waals surface area (Å²) in [7, 11) is 1.60. The van der Waals surface area contributed by atoms with Crippen molar-refractivity contribution in [2.24, 2.45) is 0 Å². The number of hydrogen-bond donors (Lipinski definition) is 3. The lowest BCUT2D eigenvalue weighted by molar-refractivity contribution is 0.0947. The molecule has 2 aromatic rings. The Morgan fingerprint density at radius 3 is 2.71 bits per heavy atom. The van der Waals surface area contributed by atoms with E-state index >= 15 is 0 Å². The molecule has 0 radical (unpaired) electrons. The molecule has 2 amide bonds. The number of hydrogen-bond acceptors (Lipinski definition) is 5. The monoisotopic (exact) mass is 479 g/mol. The van der Waals surface area contributed by atoms with Crippen LogP contribution in [-0.4, -0.2) is 41.3 Å². The third kappa shape index (κ3) is 6.12. The van der Waals surface area contributed by atoms with Gasteiger partial charge in [0, 0.05) is 35.0 Å². The average molecular weight is 480 g/mol. The van der Waals surface area contributed by atoms with Gasteiger partial charge in [0.1, 0.15) is 5.75 Å². The van der Waals surface area contributed by atoms with E-state index in [1.807, 2.05) is 25.1 Å². The Morgan fingerprint density at radius 2 is 1.97 bits per heavy atom. The second-order valence-electron chi connectivity index (χ2n) is 9.13. The molecule has 2 heterocycles. The van der Waals surface area contributed by atoms with Crippen LogP contribution in [0.1, 0.15) is 64.8 Å². The minimum Gasteiger partial charge on any atom is -0.490 e. The number of allylic oxidation sites excluding steroid dienone is 2. The molecule has 0 atom stereocenters. The molecule has 1 fully saturated rings. The van der Waals surface area contributed by atoms with Crippen molar-refractivity contribution in [3.05, 3.63) is 64.4 Å². The molecule has 1 aliphatic carbocycles. The van der Waals surface area contributed by atoms with Crippen LogP contribution in [0.4, 0.5) is 4.79 Å². The highest BCUT2D eigenvalue weighted by atomic mass is 16.5. The summed E-state index contributed by atoms with van der Waals surface area (Å²) in [5, 5.41) is 14.6. The van der Waals surface area contributed by atoms with Gasteiger partial charge in [0.25, 0.3) is 5.91 Å². The van der Waals surface area contributed by atoms with E-state index < -0.39 is 6.09 Å². The van der Waals surface area contributed by atoms with Crippen LogP contribution < -0.4 is 20.1 Å². The first kappa shape index (κ1) is 24.6. The summed E-state index contributed by atoms with van der Waals surface area (Å²) in [6.07, 6.45) is 8.55. The molecule has 0 spiro atoms. The van der Waals surface area contributed by atoms with E-state index in [0.717, 1.165) is 60.9 Å². The maximum atomic E-state index is 13.3. The first-order chi connectivity index (χ1) is 16.9. The normalized spacial score (nSPS) is 21.3. The van der Waals surface area contributed by atoms with Crippen LogP contribution in [0.3, 0.4) is 0 Å². The predicted octanol–water partition coefficient (Wildman–Crippen LogP) is 4.33. The third-order valence-corrected chi connectivity index (χ3v) is 6.67. The van der Waals surface area contributed by atoms with Crippen LogP contribution in [0.25, 0.3) is 0 Å². The molecule has 1 saturated carbocycles. The number of amides is 2. The fourth-order valence-electron chi connectivity index (χ4n) is 4.92. The van der Waals surface area contributed by atoms with Crippen LogP contribution in [0, 0.1) is 6.92 Å². The van der Waals surface area contributed by atoms with E-state index in [1.54, 1.807) is 7.11 Å². The van der Waals surface area contributed by atoms with E-state index in [2.05, 4.69) is 33.8 Å². The molecule has 186 valence electrons. The van der Waals surface area contributed by atoms with E-state index in [1.165, 1.54) is 0 Å². The van der Waals surface area contributed by atoms with Gasteiger partial charge in [-0.25, -0.2) is 9.78 Å². The summed E-state index contributed by atoms with van der Waals surface area (Å²) in [5.74, 6) is 1.10. The second kappa shape index (κ2) is 11.3. The number of rotatable bonds is 4. The Kier molecular flexibility index (Phi) is 7.90. The van der Waals surface area contributed by atoms with Crippen molar-refractivity contribution in [3.63, 3.8) is 0 Å². The first-order valence-electron chi connectivity index (χ1n) is 12.2. The number of methoxy groups -OCH3 is 1. The zero-order chi connectivity index (χ0) is 24.8. The summed E-state index contributed by atoms with van der Waals surface area (Å²) in [6.45, 7) is 2.28. The van der Waals surface area contributed by atoms with E-state index in [9.17, 15) is 9.59 Å². The van der Waals surface area contributed by atoms with Crippen molar-refractivity contribution in [1.82, 2.24) is 15.6 Å². The Balaban J connectivity index is 1.55. The highest BCUT2D eigenvalue weighted by molar-refractivity contribution is 5.96. The number of nitrogens with one attached hydrogen (secondary N) is 2. The number of carbonyl (C=O) groups is 2. The number of carboxylic acid groups (broad SMARTS) is 1. The zero-order valence-electron chi connectivity index (χ0n) is 20.3. The van der Waals surface area contributed by atoms with Gasteiger partial charge in [0.05, 0.1) is 13.2 Å². The lowest BCUT2D eigenvalue weighted by Gasteiger charge is -2.29. The van der Waals surface area contributed by atoms with Crippen LogP contribution in [0.5, 0.6) is 11.6 Å². The summed E-state index contributed by atoms with van der Waals surface area (Å²) < 4.78 is 11.9. The molecular formula is C27H33N3O5. The molecule has 1 aromatic heterocycles. The topological polar surface area (TPSA) is 110 Å². The molecule has 3 N–H and O–H groups in total. The van der Waals surface area contributed by atoms with Gasteiger partial charge in [-0.3, -0.25) is 4.79 Å². The van der Waals surface area contributed by atoms with Gasteiger partial charge >= 0.3 is 6.09 Å². The van der Waals surface area contributed by atoms with Gasteiger partial charge in [0.15, 0.2) is 0 Å². The average Bonchev–Trinajstić information content (AvgIpc) is 2.83. The fourth-order valence-corrected chi connectivity index (χ4v) is 4.92. The molecule has 8 nitrogen and oxygen atoms in total. The summed E-state index contributed by atoms with van der Waals surface area (Å²) in [4.78, 5) is 28.7. The lowest BCUT2D eigenvalue weighted by Crippen LogP contribution is -2.39. The second-order valence-corrected chi connectivity index (χ2v) is 9.13. The summed E-state index contributed by atoms with van der Waals surface area (Å²) in [5.41, 5.74) is 4.38. The Morgan fingerprint density at radius 1 is 1.17 bits per heavy atom. The quantitative estimate of drug-likeness (QED) is 0.563. The molecular weight excluding hydrogens is 446 g/mol. The molecule has 0 unspecified atom stereocenters. The van der Waals surface area contributed by atoms with E-state index in [4.69, 9.17) is 14.6 Å². The minimum absolute atomic E-state index is 0.00720. The van der Waals surface area contributed by atoms with Gasteiger partial charge < -0.3 is 25.2 Å². The van der Waals surface area contributed by atoms with Crippen molar-refractivity contribution in [2.75, 3.05) is 7.11 Å². The summed E-state index contributed by atoms with van der Waals surface area (Å²) >= 11 is 0. The molecule has 2 aliphatic rings. The molecule has 0 saturated heterocycles. The number of ether oxygens (including phenoxy) is 2. The number of aromatic nitrogens is 1. The zero-order valence-corrected chi connectivity index (χ0v) is 20.3. The number of nitrogens with zero attached hydrogens (tertiary/aromatic N) is 1. The molecule has 0 bridgehead atoms. The van der Waals surface area contributed by atoms with E-state index in [0.29, 0.717) is 30.2 Å². The van der Waals surface area contributed by atoms with Gasteiger partial charge in [-0.15, -0.1) is 0 Å². The molecule has 1 aromatic carbocycles. The number of carbonyl (C=O) groups excluding carboxylic acids is 1. The fraction of sp³-hybridized carbons (Fsp3) is 0.444. The largest absolute Gasteiger partial charge is 0.490 e. The maximum Gasteiger partial charge on any atom is 0.404 e.